The van der Waals surface area contributed by atoms with Crippen LogP contribution in [0.1, 0.15) is 12.8 Å². The molecule has 8 heteroatoms. The zero-order valence-corrected chi connectivity index (χ0v) is 11.9. The Kier molecular flexibility index (Phi) is 4.44. The van der Waals surface area contributed by atoms with Crippen LogP contribution in [-0.4, -0.2) is 74.7 Å². The molecule has 1 amide bonds. The summed E-state index contributed by atoms with van der Waals surface area (Å²) in [5, 5.41) is -0.186. The number of nitrogens with two attached hydrogens (primary N) is 1. The van der Waals surface area contributed by atoms with Gasteiger partial charge in [-0.2, -0.15) is 4.31 Å². The van der Waals surface area contributed by atoms with E-state index in [0.717, 1.165) is 12.8 Å². The monoisotopic (exact) mass is 291 g/mol. The standard InChI is InChI=1S/C11H21N3O4S/c1-13(8-11(12)15)6-9-7-14(4-5-18-9)19(16,17)10-2-3-10/h9-10H,2-8H2,1H3,(H2,12,15). The third-order valence-electron chi connectivity index (χ3n) is 3.35. The van der Waals surface area contributed by atoms with Crippen LogP contribution < -0.4 is 5.73 Å². The van der Waals surface area contributed by atoms with Crippen molar-refractivity contribution in [2.45, 2.75) is 24.2 Å². The summed E-state index contributed by atoms with van der Waals surface area (Å²) in [5.74, 6) is -0.402. The number of carbonyl (C=O) groups excluding carboxylic acids is 1. The van der Waals surface area contributed by atoms with Crippen LogP contribution in [0.25, 0.3) is 0 Å². The number of ether oxygens (including phenoxy) is 1. The Morgan fingerprint density at radius 1 is 1.47 bits per heavy atom. The molecular weight excluding hydrogens is 270 g/mol. The van der Waals surface area contributed by atoms with Gasteiger partial charge in [0.25, 0.3) is 0 Å². The first kappa shape index (κ1) is 14.7. The largest absolute Gasteiger partial charge is 0.374 e. The molecular formula is C11H21N3O4S. The molecule has 1 aliphatic heterocycles. The molecule has 1 atom stereocenters. The topological polar surface area (TPSA) is 92.9 Å². The number of hydrogen-bond donors (Lipinski definition) is 1. The number of likely N-dealkylation sites (N-methyl/N-ethyl adjacent to an activating group) is 1. The molecule has 110 valence electrons. The van der Waals surface area contributed by atoms with E-state index in [1.165, 1.54) is 4.31 Å². The number of morpholine rings is 1. The summed E-state index contributed by atoms with van der Waals surface area (Å²) >= 11 is 0. The maximum Gasteiger partial charge on any atom is 0.231 e. The summed E-state index contributed by atoms with van der Waals surface area (Å²) in [6, 6.07) is 0. The van der Waals surface area contributed by atoms with E-state index >= 15 is 0 Å². The first-order valence-electron chi connectivity index (χ1n) is 6.47. The van der Waals surface area contributed by atoms with Gasteiger partial charge in [0.1, 0.15) is 0 Å². The Bertz CT molecular complexity index is 435. The van der Waals surface area contributed by atoms with Crippen LogP contribution in [0.15, 0.2) is 0 Å². The van der Waals surface area contributed by atoms with Crippen LogP contribution in [-0.2, 0) is 19.6 Å². The van der Waals surface area contributed by atoms with Crippen molar-refractivity contribution in [3.8, 4) is 0 Å². The third-order valence-corrected chi connectivity index (χ3v) is 5.71. The van der Waals surface area contributed by atoms with Crippen molar-refractivity contribution in [1.29, 1.82) is 0 Å². The fraction of sp³-hybridized carbons (Fsp3) is 0.909. The van der Waals surface area contributed by atoms with Gasteiger partial charge in [-0.05, 0) is 19.9 Å². The SMILES string of the molecule is CN(CC(N)=O)CC1CN(S(=O)(=O)C2CC2)CCO1. The lowest BCUT2D eigenvalue weighted by Gasteiger charge is -2.34. The molecule has 1 unspecified atom stereocenters. The Labute approximate surface area is 113 Å². The summed E-state index contributed by atoms with van der Waals surface area (Å²) in [5.41, 5.74) is 5.12. The number of amides is 1. The molecule has 0 aromatic rings. The average Bonchev–Trinajstić information content (AvgIpc) is 3.11. The maximum absolute atomic E-state index is 12.1. The molecule has 2 rings (SSSR count). The average molecular weight is 291 g/mol. The molecule has 7 nitrogen and oxygen atoms in total. The Hall–Kier alpha value is -0.700. The quantitative estimate of drug-likeness (QED) is 0.649. The molecule has 1 saturated carbocycles. The Balaban J connectivity index is 1.88. The maximum atomic E-state index is 12.1. The smallest absolute Gasteiger partial charge is 0.231 e. The van der Waals surface area contributed by atoms with Crippen LogP contribution in [0, 0.1) is 0 Å². The van der Waals surface area contributed by atoms with Crippen LogP contribution >= 0.6 is 0 Å². The van der Waals surface area contributed by atoms with Gasteiger partial charge in [0.15, 0.2) is 0 Å². The van der Waals surface area contributed by atoms with Crippen molar-refractivity contribution in [3.05, 3.63) is 0 Å². The minimum Gasteiger partial charge on any atom is -0.374 e. The van der Waals surface area contributed by atoms with Crippen molar-refractivity contribution in [3.63, 3.8) is 0 Å². The van der Waals surface area contributed by atoms with E-state index in [-0.39, 0.29) is 17.9 Å². The number of nitrogens with zero attached hydrogens (tertiary/aromatic N) is 2. The molecule has 0 radical (unpaired) electrons. The molecule has 2 fully saturated rings. The minimum atomic E-state index is -3.14. The predicted octanol–water partition coefficient (Wildman–Crippen LogP) is -1.40. The molecule has 19 heavy (non-hydrogen) atoms. The summed E-state index contributed by atoms with van der Waals surface area (Å²) in [4.78, 5) is 12.6. The second-order valence-electron chi connectivity index (χ2n) is 5.26. The highest BCUT2D eigenvalue weighted by Gasteiger charge is 2.41. The molecule has 1 saturated heterocycles. The predicted molar refractivity (Wildman–Crippen MR) is 69.9 cm³/mol. The highest BCUT2D eigenvalue weighted by molar-refractivity contribution is 7.90. The summed E-state index contributed by atoms with van der Waals surface area (Å²) in [6.07, 6.45) is 1.34. The molecule has 1 aliphatic carbocycles. The molecule has 0 aromatic carbocycles. The van der Waals surface area contributed by atoms with Gasteiger partial charge in [0.2, 0.25) is 15.9 Å². The van der Waals surface area contributed by atoms with E-state index in [9.17, 15) is 13.2 Å². The van der Waals surface area contributed by atoms with E-state index in [4.69, 9.17) is 10.5 Å². The fourth-order valence-corrected chi connectivity index (χ4v) is 4.15. The molecule has 0 spiro atoms. The van der Waals surface area contributed by atoms with Gasteiger partial charge in [-0.1, -0.05) is 0 Å². The van der Waals surface area contributed by atoms with E-state index < -0.39 is 15.9 Å². The minimum absolute atomic E-state index is 0.148. The lowest BCUT2D eigenvalue weighted by molar-refractivity contribution is -0.119. The summed E-state index contributed by atoms with van der Waals surface area (Å²) in [7, 11) is -1.37. The van der Waals surface area contributed by atoms with Crippen LogP contribution in [0.3, 0.4) is 0 Å². The second kappa shape index (κ2) is 5.74. The lowest BCUT2D eigenvalue weighted by atomic mass is 10.3. The first-order chi connectivity index (χ1) is 8.89. The van der Waals surface area contributed by atoms with Gasteiger partial charge in [-0.3, -0.25) is 9.69 Å². The van der Waals surface area contributed by atoms with Crippen molar-refractivity contribution in [2.24, 2.45) is 5.73 Å². The molecule has 2 N–H and O–H groups in total. The zero-order valence-electron chi connectivity index (χ0n) is 11.1. The van der Waals surface area contributed by atoms with Crippen molar-refractivity contribution < 1.29 is 17.9 Å². The Morgan fingerprint density at radius 2 is 2.16 bits per heavy atom. The van der Waals surface area contributed by atoms with Gasteiger partial charge in [0.05, 0.1) is 24.5 Å². The third kappa shape index (κ3) is 3.88. The summed E-state index contributed by atoms with van der Waals surface area (Å²) < 4.78 is 31.4. The van der Waals surface area contributed by atoms with E-state index in [1.807, 2.05) is 0 Å². The number of rotatable bonds is 6. The van der Waals surface area contributed by atoms with Crippen molar-refractivity contribution >= 4 is 15.9 Å². The molecule has 2 aliphatic rings. The second-order valence-corrected chi connectivity index (χ2v) is 7.47. The Morgan fingerprint density at radius 3 is 2.74 bits per heavy atom. The highest BCUT2D eigenvalue weighted by Crippen LogP contribution is 2.31. The number of sulfonamides is 1. The van der Waals surface area contributed by atoms with Crippen LogP contribution in [0.2, 0.25) is 0 Å². The highest BCUT2D eigenvalue weighted by atomic mass is 32.2. The van der Waals surface area contributed by atoms with Gasteiger partial charge in [0, 0.05) is 19.6 Å². The van der Waals surface area contributed by atoms with Gasteiger partial charge >= 0.3 is 0 Å². The first-order valence-corrected chi connectivity index (χ1v) is 7.97. The normalized spacial score (nSPS) is 25.7. The van der Waals surface area contributed by atoms with Gasteiger partial charge < -0.3 is 10.5 Å². The van der Waals surface area contributed by atoms with E-state index in [2.05, 4.69) is 0 Å². The van der Waals surface area contributed by atoms with E-state index in [1.54, 1.807) is 11.9 Å². The number of carbonyl (C=O) groups is 1. The summed E-state index contributed by atoms with van der Waals surface area (Å²) in [6.45, 7) is 1.84. The molecule has 0 aromatic heterocycles. The van der Waals surface area contributed by atoms with Crippen LogP contribution in [0.5, 0.6) is 0 Å². The van der Waals surface area contributed by atoms with E-state index in [0.29, 0.717) is 26.2 Å². The zero-order chi connectivity index (χ0) is 14.0. The molecule has 0 bridgehead atoms. The van der Waals surface area contributed by atoms with Crippen molar-refractivity contribution in [1.82, 2.24) is 9.21 Å². The van der Waals surface area contributed by atoms with Crippen LogP contribution in [0.4, 0.5) is 0 Å². The number of hydrogen-bond acceptors (Lipinski definition) is 5. The van der Waals surface area contributed by atoms with Gasteiger partial charge in [-0.25, -0.2) is 8.42 Å². The fourth-order valence-electron chi connectivity index (χ4n) is 2.29. The number of primary amides is 1. The van der Waals surface area contributed by atoms with Gasteiger partial charge in [-0.15, -0.1) is 0 Å². The molecule has 1 heterocycles. The van der Waals surface area contributed by atoms with Crippen molar-refractivity contribution in [2.75, 3.05) is 39.8 Å². The lowest BCUT2D eigenvalue weighted by Crippen LogP contribution is -2.50.